The van der Waals surface area contributed by atoms with Crippen molar-refractivity contribution in [2.75, 3.05) is 4.90 Å². The first-order valence-electron chi connectivity index (χ1n) is 6.36. The summed E-state index contributed by atoms with van der Waals surface area (Å²) in [6, 6.07) is 9.32. The van der Waals surface area contributed by atoms with Crippen molar-refractivity contribution in [3.05, 3.63) is 59.4 Å². The van der Waals surface area contributed by atoms with E-state index in [9.17, 15) is 18.0 Å². The van der Waals surface area contributed by atoms with Crippen LogP contribution in [0, 0.1) is 0 Å². The molecule has 0 saturated carbocycles. The third-order valence-electron chi connectivity index (χ3n) is 3.43. The lowest BCUT2D eigenvalue weighted by molar-refractivity contribution is -0.138. The van der Waals surface area contributed by atoms with Crippen molar-refractivity contribution >= 4 is 11.6 Å². The Kier molecular flexibility index (Phi) is 3.16. The molecule has 1 amide bonds. The smallest absolute Gasteiger partial charge is 0.306 e. The van der Waals surface area contributed by atoms with Crippen molar-refractivity contribution in [1.29, 1.82) is 0 Å². The highest BCUT2D eigenvalue weighted by atomic mass is 19.4. The number of amides is 1. The van der Waals surface area contributed by atoms with Crippen LogP contribution in [0.1, 0.15) is 16.8 Å². The molecule has 3 rings (SSSR count). The fourth-order valence-electron chi connectivity index (χ4n) is 2.46. The van der Waals surface area contributed by atoms with Crippen LogP contribution in [0.25, 0.3) is 0 Å². The molecule has 3 nitrogen and oxygen atoms in total. The van der Waals surface area contributed by atoms with E-state index >= 15 is 0 Å². The van der Waals surface area contributed by atoms with Crippen LogP contribution in [-0.4, -0.2) is 10.9 Å². The van der Waals surface area contributed by atoms with Gasteiger partial charge in [-0.1, -0.05) is 18.2 Å². The second kappa shape index (κ2) is 4.87. The number of aromatic nitrogens is 1. The summed E-state index contributed by atoms with van der Waals surface area (Å²) in [5.41, 5.74) is 0.533. The molecular weight excluding hydrogens is 281 g/mol. The SMILES string of the molecule is O=C1Cc2ccccc2N1Cc1ncccc1C(F)(F)F. The first-order chi connectivity index (χ1) is 9.97. The lowest BCUT2D eigenvalue weighted by atomic mass is 10.1. The summed E-state index contributed by atoms with van der Waals surface area (Å²) in [6.07, 6.45) is -2.97. The van der Waals surface area contributed by atoms with E-state index in [2.05, 4.69) is 4.98 Å². The molecule has 2 heterocycles. The number of hydrogen-bond acceptors (Lipinski definition) is 2. The lowest BCUT2D eigenvalue weighted by Gasteiger charge is -2.19. The predicted octanol–water partition coefficient (Wildman–Crippen LogP) is 3.19. The number of carbonyl (C=O) groups is 1. The number of pyridine rings is 1. The summed E-state index contributed by atoms with van der Waals surface area (Å²) in [6.45, 7) is -0.175. The van der Waals surface area contributed by atoms with Gasteiger partial charge in [-0.3, -0.25) is 9.78 Å². The van der Waals surface area contributed by atoms with Gasteiger partial charge in [0, 0.05) is 11.9 Å². The maximum atomic E-state index is 13.0. The number of carbonyl (C=O) groups excluding carboxylic acids is 1. The maximum absolute atomic E-state index is 13.0. The lowest BCUT2D eigenvalue weighted by Crippen LogP contribution is -2.28. The Morgan fingerprint density at radius 3 is 2.67 bits per heavy atom. The molecule has 1 aliphatic heterocycles. The summed E-state index contributed by atoms with van der Waals surface area (Å²) in [7, 11) is 0. The van der Waals surface area contributed by atoms with E-state index in [1.807, 2.05) is 0 Å². The van der Waals surface area contributed by atoms with Crippen molar-refractivity contribution in [3.8, 4) is 0 Å². The highest BCUT2D eigenvalue weighted by Crippen LogP contribution is 2.34. The Balaban J connectivity index is 1.97. The number of hydrogen-bond donors (Lipinski definition) is 0. The van der Waals surface area contributed by atoms with Crippen molar-refractivity contribution in [2.45, 2.75) is 19.1 Å². The van der Waals surface area contributed by atoms with Crippen LogP contribution in [0.15, 0.2) is 42.6 Å². The van der Waals surface area contributed by atoms with Crippen molar-refractivity contribution in [3.63, 3.8) is 0 Å². The van der Waals surface area contributed by atoms with Crippen molar-refractivity contribution < 1.29 is 18.0 Å². The Morgan fingerprint density at radius 2 is 1.90 bits per heavy atom. The normalized spacial score (nSPS) is 14.4. The average molecular weight is 292 g/mol. The van der Waals surface area contributed by atoms with Gasteiger partial charge in [0.15, 0.2) is 0 Å². The first-order valence-corrected chi connectivity index (χ1v) is 6.36. The van der Waals surface area contributed by atoms with Crippen LogP contribution < -0.4 is 4.90 Å². The van der Waals surface area contributed by atoms with E-state index in [0.717, 1.165) is 11.6 Å². The Hall–Kier alpha value is -2.37. The molecule has 0 radical (unpaired) electrons. The van der Waals surface area contributed by atoms with Gasteiger partial charge < -0.3 is 4.90 Å². The molecule has 21 heavy (non-hydrogen) atoms. The zero-order valence-electron chi connectivity index (χ0n) is 10.9. The minimum atomic E-state index is -4.48. The summed E-state index contributed by atoms with van der Waals surface area (Å²) in [5, 5.41) is 0. The van der Waals surface area contributed by atoms with Crippen LogP contribution >= 0.6 is 0 Å². The van der Waals surface area contributed by atoms with Crippen LogP contribution in [-0.2, 0) is 23.9 Å². The molecule has 0 spiro atoms. The fourth-order valence-corrected chi connectivity index (χ4v) is 2.46. The van der Waals surface area contributed by atoms with E-state index in [4.69, 9.17) is 0 Å². The molecule has 0 fully saturated rings. The molecule has 1 aliphatic rings. The molecule has 0 atom stereocenters. The second-order valence-electron chi connectivity index (χ2n) is 4.78. The van der Waals surface area contributed by atoms with Crippen LogP contribution in [0.3, 0.4) is 0 Å². The molecular formula is C15H11F3N2O. The Bertz CT molecular complexity index is 697. The number of nitrogens with zero attached hydrogens (tertiary/aromatic N) is 2. The molecule has 0 bridgehead atoms. The quantitative estimate of drug-likeness (QED) is 0.851. The molecule has 0 N–H and O–H groups in total. The Labute approximate surface area is 119 Å². The molecule has 0 saturated heterocycles. The van der Waals surface area contributed by atoms with Gasteiger partial charge >= 0.3 is 6.18 Å². The molecule has 2 aromatic rings. The number of fused-ring (bicyclic) bond motifs is 1. The zero-order valence-corrected chi connectivity index (χ0v) is 10.9. The van der Waals surface area contributed by atoms with E-state index in [1.54, 1.807) is 24.3 Å². The molecule has 108 valence electrons. The Morgan fingerprint density at radius 1 is 1.14 bits per heavy atom. The highest BCUT2D eigenvalue weighted by Gasteiger charge is 2.36. The zero-order chi connectivity index (χ0) is 15.0. The predicted molar refractivity (Wildman–Crippen MR) is 70.6 cm³/mol. The fraction of sp³-hybridized carbons (Fsp3) is 0.200. The summed E-state index contributed by atoms with van der Waals surface area (Å²) in [5.74, 6) is -0.213. The van der Waals surface area contributed by atoms with Gasteiger partial charge in [-0.25, -0.2) is 0 Å². The minimum Gasteiger partial charge on any atom is -0.306 e. The summed E-state index contributed by atoms with van der Waals surface area (Å²) >= 11 is 0. The van der Waals surface area contributed by atoms with Gasteiger partial charge in [0.2, 0.25) is 5.91 Å². The van der Waals surface area contributed by atoms with Gasteiger partial charge in [0.05, 0.1) is 24.2 Å². The standard InChI is InChI=1S/C15H11F3N2O/c16-15(17,18)11-5-3-7-19-12(11)9-20-13-6-2-1-4-10(13)8-14(20)21/h1-7H,8-9H2. The van der Waals surface area contributed by atoms with Crippen LogP contribution in [0.2, 0.25) is 0 Å². The monoisotopic (exact) mass is 292 g/mol. The average Bonchev–Trinajstić information content (AvgIpc) is 2.75. The van der Waals surface area contributed by atoms with Crippen LogP contribution in [0.5, 0.6) is 0 Å². The number of benzene rings is 1. The van der Waals surface area contributed by atoms with Gasteiger partial charge in [-0.15, -0.1) is 0 Å². The molecule has 0 unspecified atom stereocenters. The van der Waals surface area contributed by atoms with E-state index in [1.165, 1.54) is 17.2 Å². The second-order valence-corrected chi connectivity index (χ2v) is 4.78. The number of anilines is 1. The van der Waals surface area contributed by atoms with E-state index in [0.29, 0.717) is 5.69 Å². The number of alkyl halides is 3. The third-order valence-corrected chi connectivity index (χ3v) is 3.43. The maximum Gasteiger partial charge on any atom is 0.418 e. The van der Waals surface area contributed by atoms with Gasteiger partial charge in [0.1, 0.15) is 0 Å². The molecule has 6 heteroatoms. The molecule has 0 aliphatic carbocycles. The van der Waals surface area contributed by atoms with Crippen molar-refractivity contribution in [1.82, 2.24) is 4.98 Å². The number of rotatable bonds is 2. The summed E-state index contributed by atoms with van der Waals surface area (Å²) < 4.78 is 38.9. The van der Waals surface area contributed by atoms with Crippen LogP contribution in [0.4, 0.5) is 18.9 Å². The largest absolute Gasteiger partial charge is 0.418 e. The molecule has 1 aromatic carbocycles. The number of para-hydroxylation sites is 1. The van der Waals surface area contributed by atoms with Crippen molar-refractivity contribution in [2.24, 2.45) is 0 Å². The van der Waals surface area contributed by atoms with Gasteiger partial charge in [0.25, 0.3) is 0 Å². The van der Waals surface area contributed by atoms with Gasteiger partial charge in [-0.05, 0) is 23.8 Å². The van der Waals surface area contributed by atoms with E-state index < -0.39 is 11.7 Å². The minimum absolute atomic E-state index is 0.143. The van der Waals surface area contributed by atoms with Gasteiger partial charge in [-0.2, -0.15) is 13.2 Å². The number of halogens is 3. The van der Waals surface area contributed by atoms with E-state index in [-0.39, 0.29) is 24.6 Å². The summed E-state index contributed by atoms with van der Waals surface area (Å²) in [4.78, 5) is 17.2. The molecule has 1 aromatic heterocycles. The third kappa shape index (κ3) is 2.49. The first kappa shape index (κ1) is 13.6. The topological polar surface area (TPSA) is 33.2 Å². The highest BCUT2D eigenvalue weighted by molar-refractivity contribution is 6.01.